The monoisotopic (exact) mass is 300 g/mol. The molecule has 3 N–H and O–H groups in total. The van der Waals surface area contributed by atoms with Crippen LogP contribution < -0.4 is 0 Å². The molecule has 6 heteroatoms. The Bertz CT molecular complexity index is 814. The van der Waals surface area contributed by atoms with Crippen molar-refractivity contribution in [2.75, 3.05) is 0 Å². The Hall–Kier alpha value is -2.73. The van der Waals surface area contributed by atoms with Crippen molar-refractivity contribution in [3.8, 4) is 5.75 Å². The zero-order valence-electron chi connectivity index (χ0n) is 11.6. The van der Waals surface area contributed by atoms with Crippen molar-refractivity contribution >= 4 is 17.5 Å². The Morgan fingerprint density at radius 2 is 1.91 bits per heavy atom. The average Bonchev–Trinajstić information content (AvgIpc) is 2.43. The SMILES string of the molecule is CC1=C2C(=O)c3c(O)cccc3C(=O)C2=CC(O)(C(=O)O)C1. The number of rotatable bonds is 1. The molecule has 2 aliphatic rings. The number of carboxylic acid groups (broad SMARTS) is 1. The minimum atomic E-state index is -2.22. The van der Waals surface area contributed by atoms with E-state index in [2.05, 4.69) is 0 Å². The van der Waals surface area contributed by atoms with Gasteiger partial charge in [-0.3, -0.25) is 9.59 Å². The minimum Gasteiger partial charge on any atom is -0.507 e. The summed E-state index contributed by atoms with van der Waals surface area (Å²) >= 11 is 0. The molecule has 1 unspecified atom stereocenters. The molecule has 0 amide bonds. The first kappa shape index (κ1) is 14.2. The molecule has 0 aliphatic heterocycles. The lowest BCUT2D eigenvalue weighted by Crippen LogP contribution is -2.41. The van der Waals surface area contributed by atoms with Gasteiger partial charge in [0.1, 0.15) is 5.75 Å². The quantitative estimate of drug-likeness (QED) is 0.719. The molecule has 0 radical (unpaired) electrons. The van der Waals surface area contributed by atoms with Gasteiger partial charge in [0.05, 0.1) is 5.56 Å². The number of ketones is 2. The Kier molecular flexibility index (Phi) is 2.83. The molecule has 0 spiro atoms. The first-order chi connectivity index (χ1) is 10.3. The zero-order valence-corrected chi connectivity index (χ0v) is 11.6. The first-order valence-electron chi connectivity index (χ1n) is 6.56. The molecule has 1 aromatic carbocycles. The van der Waals surface area contributed by atoms with Crippen LogP contribution in [0.2, 0.25) is 0 Å². The summed E-state index contributed by atoms with van der Waals surface area (Å²) in [6.07, 6.45) is 0.633. The van der Waals surface area contributed by atoms with E-state index < -0.39 is 23.1 Å². The van der Waals surface area contributed by atoms with Gasteiger partial charge in [-0.15, -0.1) is 0 Å². The number of fused-ring (bicyclic) bond motifs is 2. The van der Waals surface area contributed by atoms with Crippen LogP contribution in [0.5, 0.6) is 5.75 Å². The highest BCUT2D eigenvalue weighted by atomic mass is 16.4. The standard InChI is InChI=1S/C16H12O6/c1-7-5-16(22,15(20)21)6-9-11(7)14(19)12-8(13(9)18)3-2-4-10(12)17/h2-4,6,17,22H,5H2,1H3,(H,20,21). The second-order valence-electron chi connectivity index (χ2n) is 5.48. The van der Waals surface area contributed by atoms with Gasteiger partial charge in [0.15, 0.2) is 17.2 Å². The van der Waals surface area contributed by atoms with E-state index in [1.165, 1.54) is 25.1 Å². The second kappa shape index (κ2) is 4.38. The number of aliphatic hydroxyl groups is 1. The predicted molar refractivity (Wildman–Crippen MR) is 74.8 cm³/mol. The molecular formula is C16H12O6. The van der Waals surface area contributed by atoms with Gasteiger partial charge < -0.3 is 15.3 Å². The van der Waals surface area contributed by atoms with Gasteiger partial charge in [0, 0.05) is 23.1 Å². The Morgan fingerprint density at radius 3 is 2.55 bits per heavy atom. The third-order valence-electron chi connectivity index (χ3n) is 3.97. The van der Waals surface area contributed by atoms with Gasteiger partial charge in [-0.05, 0) is 19.1 Å². The van der Waals surface area contributed by atoms with Crippen LogP contribution in [0, 0.1) is 0 Å². The summed E-state index contributed by atoms with van der Waals surface area (Å²) in [7, 11) is 0. The number of carbonyl (C=O) groups is 3. The minimum absolute atomic E-state index is 0.00226. The second-order valence-corrected chi connectivity index (χ2v) is 5.48. The van der Waals surface area contributed by atoms with E-state index in [1.807, 2.05) is 0 Å². The van der Waals surface area contributed by atoms with Crippen molar-refractivity contribution < 1.29 is 29.7 Å². The summed E-state index contributed by atoms with van der Waals surface area (Å²) in [5.41, 5.74) is -2.06. The largest absolute Gasteiger partial charge is 0.507 e. The molecule has 0 saturated carbocycles. The van der Waals surface area contributed by atoms with Crippen molar-refractivity contribution in [3.63, 3.8) is 0 Å². The van der Waals surface area contributed by atoms with Gasteiger partial charge in [-0.1, -0.05) is 17.7 Å². The molecule has 2 aliphatic carbocycles. The van der Waals surface area contributed by atoms with Crippen LogP contribution in [0.1, 0.15) is 34.1 Å². The van der Waals surface area contributed by atoms with Crippen LogP contribution in [-0.4, -0.2) is 38.5 Å². The number of aromatic hydroxyl groups is 1. The molecular weight excluding hydrogens is 288 g/mol. The van der Waals surface area contributed by atoms with E-state index >= 15 is 0 Å². The average molecular weight is 300 g/mol. The number of carbonyl (C=O) groups excluding carboxylic acids is 2. The molecule has 0 aromatic heterocycles. The fourth-order valence-electron chi connectivity index (χ4n) is 2.96. The lowest BCUT2D eigenvalue weighted by Gasteiger charge is -2.31. The fraction of sp³-hybridized carbons (Fsp3) is 0.188. The number of Topliss-reactive ketones (excluding diaryl/α,β-unsaturated/α-hetero) is 2. The lowest BCUT2D eigenvalue weighted by atomic mass is 9.73. The Balaban J connectivity index is 2.31. The van der Waals surface area contributed by atoms with Crippen molar-refractivity contribution in [1.29, 1.82) is 0 Å². The summed E-state index contributed by atoms with van der Waals surface area (Å²) in [6, 6.07) is 4.12. The van der Waals surface area contributed by atoms with Crippen LogP contribution in [-0.2, 0) is 4.79 Å². The van der Waals surface area contributed by atoms with Crippen LogP contribution in [0.3, 0.4) is 0 Å². The van der Waals surface area contributed by atoms with Crippen LogP contribution in [0.15, 0.2) is 41.0 Å². The van der Waals surface area contributed by atoms with Crippen LogP contribution >= 0.6 is 0 Å². The van der Waals surface area contributed by atoms with Gasteiger partial charge in [0.25, 0.3) is 0 Å². The molecule has 0 heterocycles. The van der Waals surface area contributed by atoms with Gasteiger partial charge in [-0.2, -0.15) is 0 Å². The maximum atomic E-state index is 12.6. The smallest absolute Gasteiger partial charge is 0.340 e. The molecule has 1 atom stereocenters. The number of aliphatic carboxylic acids is 1. The molecule has 22 heavy (non-hydrogen) atoms. The van der Waals surface area contributed by atoms with Gasteiger partial charge >= 0.3 is 5.97 Å². The lowest BCUT2D eigenvalue weighted by molar-refractivity contribution is -0.153. The van der Waals surface area contributed by atoms with Crippen LogP contribution in [0.4, 0.5) is 0 Å². The number of allylic oxidation sites excluding steroid dienone is 2. The van der Waals surface area contributed by atoms with E-state index in [0.29, 0.717) is 5.57 Å². The highest BCUT2D eigenvalue weighted by molar-refractivity contribution is 6.32. The molecule has 112 valence electrons. The van der Waals surface area contributed by atoms with E-state index in [0.717, 1.165) is 6.08 Å². The van der Waals surface area contributed by atoms with Crippen molar-refractivity contribution in [1.82, 2.24) is 0 Å². The third kappa shape index (κ3) is 1.74. The number of phenols is 1. The van der Waals surface area contributed by atoms with Gasteiger partial charge in [0.2, 0.25) is 0 Å². The number of phenolic OH excluding ortho intramolecular Hbond substituents is 1. The number of benzene rings is 1. The predicted octanol–water partition coefficient (Wildman–Crippen LogP) is 1.23. The summed E-state index contributed by atoms with van der Waals surface area (Å²) < 4.78 is 0. The highest BCUT2D eigenvalue weighted by Crippen LogP contribution is 2.41. The number of carboxylic acids is 1. The topological polar surface area (TPSA) is 112 Å². The van der Waals surface area contributed by atoms with E-state index in [4.69, 9.17) is 5.11 Å². The fourth-order valence-corrected chi connectivity index (χ4v) is 2.96. The maximum Gasteiger partial charge on any atom is 0.340 e. The molecule has 0 fully saturated rings. The maximum absolute atomic E-state index is 12.6. The molecule has 0 bridgehead atoms. The summed E-state index contributed by atoms with van der Waals surface area (Å²) in [6.45, 7) is 1.49. The number of hydrogen-bond acceptors (Lipinski definition) is 5. The molecule has 1 aromatic rings. The summed E-state index contributed by atoms with van der Waals surface area (Å²) in [5, 5.41) is 29.1. The summed E-state index contributed by atoms with van der Waals surface area (Å²) in [5.74, 6) is -2.90. The highest BCUT2D eigenvalue weighted by Gasteiger charge is 2.45. The first-order valence-corrected chi connectivity index (χ1v) is 6.56. The third-order valence-corrected chi connectivity index (χ3v) is 3.97. The van der Waals surface area contributed by atoms with Crippen molar-refractivity contribution in [3.05, 3.63) is 52.1 Å². The van der Waals surface area contributed by atoms with Gasteiger partial charge in [-0.25, -0.2) is 4.79 Å². The van der Waals surface area contributed by atoms with Crippen LogP contribution in [0.25, 0.3) is 0 Å². The van der Waals surface area contributed by atoms with E-state index in [1.54, 1.807) is 0 Å². The van der Waals surface area contributed by atoms with Crippen molar-refractivity contribution in [2.24, 2.45) is 0 Å². The molecule has 6 nitrogen and oxygen atoms in total. The van der Waals surface area contributed by atoms with Crippen molar-refractivity contribution in [2.45, 2.75) is 18.9 Å². The summed E-state index contributed by atoms with van der Waals surface area (Å²) in [4.78, 5) is 36.3. The Morgan fingerprint density at radius 1 is 1.23 bits per heavy atom. The molecule has 0 saturated heterocycles. The molecule has 3 rings (SSSR count). The normalized spacial score (nSPS) is 23.8. The van der Waals surface area contributed by atoms with E-state index in [-0.39, 0.29) is 34.4 Å². The number of hydrogen-bond donors (Lipinski definition) is 3. The zero-order chi connectivity index (χ0) is 16.2. The van der Waals surface area contributed by atoms with E-state index in [9.17, 15) is 24.6 Å². The Labute approximate surface area is 125 Å².